The number of carbonyl (C=O) groups excluding carboxylic acids is 2. The smallest absolute Gasteiger partial charge is 0.307 e. The maximum Gasteiger partial charge on any atom is 0.307 e. The summed E-state index contributed by atoms with van der Waals surface area (Å²) in [6, 6.07) is 17.5. The quantitative estimate of drug-likeness (QED) is 0.291. The van der Waals surface area contributed by atoms with E-state index in [2.05, 4.69) is 0 Å². The lowest BCUT2D eigenvalue weighted by Gasteiger charge is -2.26. The van der Waals surface area contributed by atoms with Crippen LogP contribution in [0, 0.1) is 6.92 Å². The zero-order valence-electron chi connectivity index (χ0n) is 20.0. The molecule has 3 aromatic rings. The number of anilines is 1. The highest BCUT2D eigenvalue weighted by atomic mass is 16.5. The van der Waals surface area contributed by atoms with Crippen LogP contribution in [0.3, 0.4) is 0 Å². The molecular formula is C28H25NO7. The number of carbonyl (C=O) groups is 3. The summed E-state index contributed by atoms with van der Waals surface area (Å²) < 4.78 is 10.8. The minimum Gasteiger partial charge on any atom is -0.507 e. The molecule has 1 unspecified atom stereocenters. The van der Waals surface area contributed by atoms with Gasteiger partial charge in [0.05, 0.1) is 37.8 Å². The van der Waals surface area contributed by atoms with Crippen molar-refractivity contribution in [2.45, 2.75) is 19.4 Å². The van der Waals surface area contributed by atoms with Crippen LogP contribution in [-0.2, 0) is 20.8 Å². The van der Waals surface area contributed by atoms with Crippen molar-refractivity contribution in [3.05, 3.63) is 94.6 Å². The summed E-state index contributed by atoms with van der Waals surface area (Å²) in [4.78, 5) is 39.1. The summed E-state index contributed by atoms with van der Waals surface area (Å²) in [5.74, 6) is -2.13. The highest BCUT2D eigenvalue weighted by molar-refractivity contribution is 6.51. The average Bonchev–Trinajstić information content (AvgIpc) is 3.14. The first-order valence-electron chi connectivity index (χ1n) is 11.2. The van der Waals surface area contributed by atoms with Crippen molar-refractivity contribution in [2.75, 3.05) is 19.1 Å². The molecule has 0 bridgehead atoms. The zero-order valence-corrected chi connectivity index (χ0v) is 20.0. The Labute approximate surface area is 208 Å². The topological polar surface area (TPSA) is 113 Å². The van der Waals surface area contributed by atoms with Crippen molar-refractivity contribution >= 4 is 29.1 Å². The maximum absolute atomic E-state index is 13.4. The summed E-state index contributed by atoms with van der Waals surface area (Å²) in [6.45, 7) is 1.84. The first-order valence-corrected chi connectivity index (χ1v) is 11.2. The predicted molar refractivity (Wildman–Crippen MR) is 133 cm³/mol. The number of hydrogen-bond donors (Lipinski definition) is 2. The van der Waals surface area contributed by atoms with Gasteiger partial charge < -0.3 is 19.7 Å². The lowest BCUT2D eigenvalue weighted by atomic mass is 9.94. The number of ketones is 1. The second kappa shape index (κ2) is 9.95. The Hall–Kier alpha value is -4.59. The number of benzene rings is 3. The molecule has 0 radical (unpaired) electrons. The van der Waals surface area contributed by atoms with E-state index < -0.39 is 23.7 Å². The van der Waals surface area contributed by atoms with Crippen LogP contribution in [0.1, 0.15) is 28.3 Å². The molecule has 3 aromatic carbocycles. The Morgan fingerprint density at radius 2 is 1.67 bits per heavy atom. The number of Topliss-reactive ketones (excluding diaryl/α,β-unsaturated/α-hetero) is 1. The lowest BCUT2D eigenvalue weighted by Crippen LogP contribution is -2.29. The fourth-order valence-corrected chi connectivity index (χ4v) is 4.33. The number of aliphatic hydroxyl groups is 1. The van der Waals surface area contributed by atoms with Gasteiger partial charge in [-0.25, -0.2) is 0 Å². The third-order valence-electron chi connectivity index (χ3n) is 6.03. The van der Waals surface area contributed by atoms with Gasteiger partial charge >= 0.3 is 5.97 Å². The fourth-order valence-electron chi connectivity index (χ4n) is 4.33. The third-order valence-corrected chi connectivity index (χ3v) is 6.03. The number of aliphatic carboxylic acids is 1. The molecule has 1 aliphatic rings. The summed E-state index contributed by atoms with van der Waals surface area (Å²) in [6.07, 6.45) is -0.175. The third kappa shape index (κ3) is 4.53. The van der Waals surface area contributed by atoms with E-state index >= 15 is 0 Å². The monoisotopic (exact) mass is 487 g/mol. The van der Waals surface area contributed by atoms with Crippen molar-refractivity contribution in [3.63, 3.8) is 0 Å². The zero-order chi connectivity index (χ0) is 26.0. The van der Waals surface area contributed by atoms with Crippen LogP contribution < -0.4 is 14.4 Å². The van der Waals surface area contributed by atoms with E-state index in [9.17, 15) is 19.5 Å². The molecule has 4 rings (SSSR count). The fraction of sp³-hybridized carbons (Fsp3) is 0.179. The van der Waals surface area contributed by atoms with Crippen molar-refractivity contribution in [1.29, 1.82) is 0 Å². The van der Waals surface area contributed by atoms with Crippen LogP contribution in [-0.4, -0.2) is 42.1 Å². The normalized spacial score (nSPS) is 16.8. The standard InChI is InChI=1S/C28H25NO7/c1-16-7-12-22(36-3)21(13-16)26(32)24-25(18-5-4-6-20(15-18)35-2)29(28(34)27(24)33)19-10-8-17(9-11-19)14-23(30)31/h4-13,15,25,32H,14H2,1-3H3,(H,30,31)/b26-24+. The molecular weight excluding hydrogens is 462 g/mol. The van der Waals surface area contributed by atoms with Crippen LogP contribution in [0.15, 0.2) is 72.3 Å². The largest absolute Gasteiger partial charge is 0.507 e. The van der Waals surface area contributed by atoms with Gasteiger partial charge in [0.2, 0.25) is 0 Å². The summed E-state index contributed by atoms with van der Waals surface area (Å²) in [5.41, 5.74) is 2.52. The van der Waals surface area contributed by atoms with E-state index in [0.717, 1.165) is 5.56 Å². The second-order valence-electron chi connectivity index (χ2n) is 8.39. The highest BCUT2D eigenvalue weighted by Gasteiger charge is 2.47. The summed E-state index contributed by atoms with van der Waals surface area (Å²) in [7, 11) is 2.97. The number of carboxylic acids is 1. The summed E-state index contributed by atoms with van der Waals surface area (Å²) >= 11 is 0. The van der Waals surface area contributed by atoms with Gasteiger partial charge in [-0.2, -0.15) is 0 Å². The number of ether oxygens (including phenoxy) is 2. The molecule has 0 aliphatic carbocycles. The molecule has 36 heavy (non-hydrogen) atoms. The number of aliphatic hydroxyl groups excluding tert-OH is 1. The minimum absolute atomic E-state index is 0.0910. The predicted octanol–water partition coefficient (Wildman–Crippen LogP) is 4.27. The molecule has 0 saturated carbocycles. The Morgan fingerprint density at radius 1 is 0.944 bits per heavy atom. The number of nitrogens with zero attached hydrogens (tertiary/aromatic N) is 1. The minimum atomic E-state index is -0.980. The number of carboxylic acid groups (broad SMARTS) is 1. The van der Waals surface area contributed by atoms with Gasteiger partial charge in [0.1, 0.15) is 17.3 Å². The van der Waals surface area contributed by atoms with Gasteiger partial charge in [-0.1, -0.05) is 35.9 Å². The van der Waals surface area contributed by atoms with Gasteiger partial charge in [-0.05, 0) is 54.4 Å². The Morgan fingerprint density at radius 3 is 2.31 bits per heavy atom. The van der Waals surface area contributed by atoms with Crippen LogP contribution in [0.2, 0.25) is 0 Å². The molecule has 0 spiro atoms. The highest BCUT2D eigenvalue weighted by Crippen LogP contribution is 2.44. The molecule has 1 aliphatic heterocycles. The number of aryl methyl sites for hydroxylation is 1. The van der Waals surface area contributed by atoms with Gasteiger partial charge in [0, 0.05) is 5.69 Å². The molecule has 1 heterocycles. The first-order chi connectivity index (χ1) is 17.2. The first kappa shape index (κ1) is 24.5. The molecule has 0 aromatic heterocycles. The molecule has 1 amide bonds. The Balaban J connectivity index is 1.93. The SMILES string of the molecule is COc1cccc(C2/C(=C(\O)c3cc(C)ccc3OC)C(=O)C(=O)N2c2ccc(CC(=O)O)cc2)c1. The van der Waals surface area contributed by atoms with E-state index in [4.69, 9.17) is 14.6 Å². The van der Waals surface area contributed by atoms with Gasteiger partial charge in [0.15, 0.2) is 0 Å². The average molecular weight is 488 g/mol. The number of hydrogen-bond acceptors (Lipinski definition) is 6. The van der Waals surface area contributed by atoms with Gasteiger partial charge in [-0.15, -0.1) is 0 Å². The Kier molecular flexibility index (Phi) is 6.78. The molecule has 2 N–H and O–H groups in total. The molecule has 184 valence electrons. The lowest BCUT2D eigenvalue weighted by molar-refractivity contribution is -0.136. The van der Waals surface area contributed by atoms with Crippen LogP contribution in [0.4, 0.5) is 5.69 Å². The number of rotatable bonds is 7. The molecule has 1 fully saturated rings. The maximum atomic E-state index is 13.4. The van der Waals surface area contributed by atoms with E-state index in [1.54, 1.807) is 60.7 Å². The molecule has 1 atom stereocenters. The van der Waals surface area contributed by atoms with E-state index in [1.165, 1.54) is 19.1 Å². The van der Waals surface area contributed by atoms with E-state index in [-0.39, 0.29) is 17.8 Å². The van der Waals surface area contributed by atoms with Crippen LogP contribution in [0.25, 0.3) is 5.76 Å². The van der Waals surface area contributed by atoms with Crippen LogP contribution in [0.5, 0.6) is 11.5 Å². The Bertz CT molecular complexity index is 1370. The molecule has 1 saturated heterocycles. The van der Waals surface area contributed by atoms with Crippen LogP contribution >= 0.6 is 0 Å². The number of amides is 1. The molecule has 8 heteroatoms. The second-order valence-corrected chi connectivity index (χ2v) is 8.39. The van der Waals surface area contributed by atoms with E-state index in [0.29, 0.717) is 33.9 Å². The van der Waals surface area contributed by atoms with Gasteiger partial charge in [0.25, 0.3) is 11.7 Å². The number of methoxy groups -OCH3 is 2. The van der Waals surface area contributed by atoms with Crippen molar-refractivity contribution in [1.82, 2.24) is 0 Å². The van der Waals surface area contributed by atoms with Crippen molar-refractivity contribution < 1.29 is 34.1 Å². The van der Waals surface area contributed by atoms with Crippen molar-refractivity contribution in [2.24, 2.45) is 0 Å². The van der Waals surface area contributed by atoms with Crippen molar-refractivity contribution in [3.8, 4) is 11.5 Å². The van der Waals surface area contributed by atoms with E-state index in [1.807, 2.05) is 13.0 Å². The van der Waals surface area contributed by atoms with Gasteiger partial charge in [-0.3, -0.25) is 19.3 Å². The molecule has 8 nitrogen and oxygen atoms in total. The summed E-state index contributed by atoms with van der Waals surface area (Å²) in [5, 5.41) is 20.5.